The van der Waals surface area contributed by atoms with Crippen LogP contribution in [0.1, 0.15) is 38.3 Å². The second-order valence-electron chi connectivity index (χ2n) is 11.7. The van der Waals surface area contributed by atoms with Gasteiger partial charge in [-0.2, -0.15) is 0 Å². The first-order valence-electron chi connectivity index (χ1n) is 14.5. The van der Waals surface area contributed by atoms with E-state index in [4.69, 9.17) is 4.74 Å². The van der Waals surface area contributed by atoms with Crippen LogP contribution in [0.15, 0.2) is 60.8 Å². The van der Waals surface area contributed by atoms with Crippen LogP contribution in [-0.2, 0) is 25.6 Å². The number of rotatable bonds is 5. The van der Waals surface area contributed by atoms with Crippen molar-refractivity contribution in [2.75, 3.05) is 20.3 Å². The van der Waals surface area contributed by atoms with Gasteiger partial charge in [-0.1, -0.05) is 56.3 Å². The molecule has 0 aromatic heterocycles. The summed E-state index contributed by atoms with van der Waals surface area (Å²) in [5.41, 5.74) is 1.76. The fourth-order valence-corrected chi connectivity index (χ4v) is 5.95. The Balaban J connectivity index is 1.48. The van der Waals surface area contributed by atoms with Gasteiger partial charge in [-0.3, -0.25) is 24.1 Å². The Bertz CT molecular complexity index is 1340. The van der Waals surface area contributed by atoms with Crippen LogP contribution in [0.3, 0.4) is 0 Å². The van der Waals surface area contributed by atoms with E-state index in [1.54, 1.807) is 22.1 Å². The fourth-order valence-electron chi connectivity index (χ4n) is 5.95. The van der Waals surface area contributed by atoms with E-state index in [2.05, 4.69) is 10.6 Å². The minimum Gasteiger partial charge on any atom is -0.488 e. The third kappa shape index (κ3) is 6.04. The molecule has 42 heavy (non-hydrogen) atoms. The monoisotopic (exact) mass is 573 g/mol. The minimum atomic E-state index is -0.990. The van der Waals surface area contributed by atoms with Crippen LogP contribution < -0.4 is 15.4 Å². The van der Waals surface area contributed by atoms with Gasteiger partial charge < -0.3 is 25.2 Å². The third-order valence-electron chi connectivity index (χ3n) is 8.38. The first-order chi connectivity index (χ1) is 20.1. The second kappa shape index (κ2) is 12.4. The zero-order valence-corrected chi connectivity index (χ0v) is 24.5. The maximum absolute atomic E-state index is 14.3. The van der Waals surface area contributed by atoms with Crippen LogP contribution >= 0.6 is 0 Å². The lowest BCUT2D eigenvalue weighted by Crippen LogP contribution is -2.60. The smallest absolute Gasteiger partial charge is 0.247 e. The topological polar surface area (TPSA) is 111 Å². The van der Waals surface area contributed by atoms with E-state index >= 15 is 0 Å². The summed E-state index contributed by atoms with van der Waals surface area (Å²) >= 11 is 0. The van der Waals surface area contributed by atoms with Crippen molar-refractivity contribution in [2.24, 2.45) is 5.92 Å². The van der Waals surface area contributed by atoms with Crippen LogP contribution in [0.4, 0.5) is 0 Å². The molecule has 10 heteroatoms. The van der Waals surface area contributed by atoms with Gasteiger partial charge in [-0.15, -0.1) is 0 Å². The maximum atomic E-state index is 14.3. The van der Waals surface area contributed by atoms with Crippen LogP contribution in [0.5, 0.6) is 5.75 Å². The quantitative estimate of drug-likeness (QED) is 0.566. The SMILES string of the molecule is CC(C)C(C(=O)N1CCC2Oc3ccc(cc3)C=CNC(=O)C(Cc3ccccc3)NC(=O)C21)N1CN(C)C(C)C1=O. The molecule has 4 aliphatic heterocycles. The van der Waals surface area contributed by atoms with Crippen molar-refractivity contribution in [3.05, 3.63) is 71.9 Å². The Morgan fingerprint density at radius 1 is 1.02 bits per heavy atom. The van der Waals surface area contributed by atoms with Crippen LogP contribution in [0, 0.1) is 5.92 Å². The number of likely N-dealkylation sites (N-methyl/N-ethyl adjacent to an activating group) is 1. The number of carbonyl (C=O) groups is 4. The maximum Gasteiger partial charge on any atom is 0.247 e. The van der Waals surface area contributed by atoms with E-state index in [9.17, 15) is 19.2 Å². The molecule has 4 aliphatic rings. The number of fused-ring (bicyclic) bond motifs is 7. The van der Waals surface area contributed by atoms with Crippen molar-refractivity contribution >= 4 is 29.7 Å². The molecule has 5 atom stereocenters. The molecule has 4 heterocycles. The van der Waals surface area contributed by atoms with Crippen LogP contribution in [0.25, 0.3) is 6.08 Å². The molecule has 4 amide bonds. The van der Waals surface area contributed by atoms with Gasteiger partial charge in [0.05, 0.1) is 12.7 Å². The number of nitrogens with zero attached hydrogens (tertiary/aromatic N) is 3. The van der Waals surface area contributed by atoms with Crippen molar-refractivity contribution in [2.45, 2.75) is 63.9 Å². The molecule has 0 saturated carbocycles. The Kier molecular flexibility index (Phi) is 8.63. The largest absolute Gasteiger partial charge is 0.488 e. The van der Waals surface area contributed by atoms with Gasteiger partial charge in [0.1, 0.15) is 30.0 Å². The summed E-state index contributed by atoms with van der Waals surface area (Å²) in [6, 6.07) is 13.9. The number of hydrogen-bond donors (Lipinski definition) is 2. The molecule has 2 saturated heterocycles. The highest BCUT2D eigenvalue weighted by atomic mass is 16.5. The van der Waals surface area contributed by atoms with Crippen molar-refractivity contribution in [1.29, 1.82) is 0 Å². The average Bonchev–Trinajstić information content (AvgIpc) is 3.50. The molecule has 0 radical (unpaired) electrons. The zero-order valence-electron chi connectivity index (χ0n) is 24.5. The van der Waals surface area contributed by atoms with Gasteiger partial charge in [-0.25, -0.2) is 0 Å². The molecule has 2 fully saturated rings. The standard InChI is InChI=1S/C32H39N5O5/c1-20(2)27(37-19-35(4)21(3)31(37)40)32(41)36-17-15-26-28(36)30(39)34-25(18-23-8-6-5-7-9-23)29(38)33-16-14-22-10-12-24(42-26)13-11-22/h5-14,16,20-21,25-28H,15,17-19H2,1-4H3,(H,33,38)(H,34,39). The van der Waals surface area contributed by atoms with Gasteiger partial charge in [-0.05, 0) is 49.2 Å². The molecule has 2 N–H and O–H groups in total. The number of ether oxygens (including phenoxy) is 1. The van der Waals surface area contributed by atoms with Gasteiger partial charge >= 0.3 is 0 Å². The van der Waals surface area contributed by atoms with E-state index in [1.165, 1.54) is 0 Å². The molecule has 0 spiro atoms. The number of hydrogen-bond acceptors (Lipinski definition) is 6. The molecule has 2 bridgehead atoms. The molecule has 6 rings (SSSR count). The predicted octanol–water partition coefficient (Wildman–Crippen LogP) is 2.01. The van der Waals surface area contributed by atoms with E-state index in [0.717, 1.165) is 11.1 Å². The molecular weight excluding hydrogens is 534 g/mol. The summed E-state index contributed by atoms with van der Waals surface area (Å²) in [7, 11) is 1.85. The Hall–Kier alpha value is -4.18. The first kappa shape index (κ1) is 29.3. The third-order valence-corrected chi connectivity index (χ3v) is 8.38. The number of nitrogens with one attached hydrogen (secondary N) is 2. The lowest BCUT2D eigenvalue weighted by Gasteiger charge is -2.36. The Morgan fingerprint density at radius 3 is 2.38 bits per heavy atom. The lowest BCUT2D eigenvalue weighted by molar-refractivity contribution is -0.149. The van der Waals surface area contributed by atoms with E-state index in [0.29, 0.717) is 18.8 Å². The van der Waals surface area contributed by atoms with Gasteiger partial charge in [0.15, 0.2) is 0 Å². The van der Waals surface area contributed by atoms with Gasteiger partial charge in [0.25, 0.3) is 0 Å². The van der Waals surface area contributed by atoms with Crippen LogP contribution in [-0.4, -0.2) is 88.9 Å². The fraction of sp³-hybridized carbons (Fsp3) is 0.438. The van der Waals surface area contributed by atoms with Crippen molar-refractivity contribution in [3.8, 4) is 5.75 Å². The molecule has 5 unspecified atom stereocenters. The van der Waals surface area contributed by atoms with E-state index in [1.807, 2.05) is 87.3 Å². The number of amides is 4. The normalized spacial score (nSPS) is 25.6. The van der Waals surface area contributed by atoms with Gasteiger partial charge in [0, 0.05) is 25.6 Å². The summed E-state index contributed by atoms with van der Waals surface area (Å²) in [6.45, 7) is 6.26. The molecule has 0 aliphatic carbocycles. The minimum absolute atomic E-state index is 0.111. The highest BCUT2D eigenvalue weighted by Gasteiger charge is 2.49. The summed E-state index contributed by atoms with van der Waals surface area (Å²) in [5.74, 6) is -0.852. The van der Waals surface area contributed by atoms with E-state index in [-0.39, 0.29) is 42.6 Å². The highest BCUT2D eigenvalue weighted by Crippen LogP contribution is 2.29. The highest BCUT2D eigenvalue weighted by molar-refractivity contribution is 5.96. The van der Waals surface area contributed by atoms with Crippen molar-refractivity contribution in [3.63, 3.8) is 0 Å². The van der Waals surface area contributed by atoms with Crippen molar-refractivity contribution < 1.29 is 23.9 Å². The Labute approximate surface area is 246 Å². The predicted molar refractivity (Wildman–Crippen MR) is 158 cm³/mol. The van der Waals surface area contributed by atoms with Gasteiger partial charge in [0.2, 0.25) is 23.6 Å². The summed E-state index contributed by atoms with van der Waals surface area (Å²) in [4.78, 5) is 59.9. The summed E-state index contributed by atoms with van der Waals surface area (Å²) in [6.07, 6.45) is 3.39. The number of benzene rings is 2. The molecule has 10 nitrogen and oxygen atoms in total. The van der Waals surface area contributed by atoms with Crippen LogP contribution in [0.2, 0.25) is 0 Å². The van der Waals surface area contributed by atoms with E-state index < -0.39 is 30.1 Å². The molecule has 222 valence electrons. The number of carbonyl (C=O) groups excluding carboxylic acids is 4. The Morgan fingerprint density at radius 2 is 1.74 bits per heavy atom. The van der Waals surface area contributed by atoms with Crippen molar-refractivity contribution in [1.82, 2.24) is 25.3 Å². The average molecular weight is 574 g/mol. The molecule has 2 aromatic carbocycles. The summed E-state index contributed by atoms with van der Waals surface area (Å²) < 4.78 is 6.32. The first-order valence-corrected chi connectivity index (χ1v) is 14.5. The zero-order chi connectivity index (χ0) is 30.0. The molecular formula is C32H39N5O5. The summed E-state index contributed by atoms with van der Waals surface area (Å²) in [5, 5.41) is 5.73. The second-order valence-corrected chi connectivity index (χ2v) is 11.7. The number of likely N-dealkylation sites (tertiary alicyclic amines) is 1. The molecule has 2 aromatic rings. The lowest BCUT2D eigenvalue weighted by atomic mass is 9.99.